The zero-order valence-electron chi connectivity index (χ0n) is 9.27. The molecule has 2 atom stereocenters. The van der Waals surface area contributed by atoms with Crippen molar-refractivity contribution in [3.05, 3.63) is 47.8 Å². The van der Waals surface area contributed by atoms with Crippen LogP contribution in [0, 0.1) is 5.92 Å². The first-order valence-electron chi connectivity index (χ1n) is 5.75. The van der Waals surface area contributed by atoms with Gasteiger partial charge in [0, 0.05) is 18.0 Å². The van der Waals surface area contributed by atoms with Gasteiger partial charge in [-0.1, -0.05) is 18.2 Å². The molecule has 0 aliphatic heterocycles. The lowest BCUT2D eigenvalue weighted by Crippen LogP contribution is -2.08. The summed E-state index contributed by atoms with van der Waals surface area (Å²) in [5.74, 6) is 0.406. The van der Waals surface area contributed by atoms with E-state index in [0.29, 0.717) is 5.92 Å². The van der Waals surface area contributed by atoms with Crippen molar-refractivity contribution in [1.82, 2.24) is 4.98 Å². The van der Waals surface area contributed by atoms with Gasteiger partial charge in [-0.3, -0.25) is 9.78 Å². The molecule has 0 saturated heterocycles. The van der Waals surface area contributed by atoms with Gasteiger partial charge in [-0.15, -0.1) is 11.6 Å². The lowest BCUT2D eigenvalue weighted by atomic mass is 9.86. The van der Waals surface area contributed by atoms with Gasteiger partial charge in [0.05, 0.1) is 5.38 Å². The Bertz CT molecular complexity index is 518. The Morgan fingerprint density at radius 1 is 1.35 bits per heavy atom. The predicted molar refractivity (Wildman–Crippen MR) is 67.7 cm³/mol. The second kappa shape index (κ2) is 4.11. The molecule has 0 amide bonds. The second-order valence-corrected chi connectivity index (χ2v) is 5.05. The molecule has 1 saturated carbocycles. The average Bonchev–Trinajstić information content (AvgIpc) is 2.66. The number of halogens is 1. The summed E-state index contributed by atoms with van der Waals surface area (Å²) in [7, 11) is 0. The minimum atomic E-state index is -0.326. The molecule has 0 radical (unpaired) electrons. The summed E-state index contributed by atoms with van der Waals surface area (Å²) < 4.78 is 0. The Hall–Kier alpha value is -1.41. The average molecular weight is 246 g/mol. The van der Waals surface area contributed by atoms with Crippen LogP contribution in [0.2, 0.25) is 0 Å². The minimum Gasteiger partial charge on any atom is -0.293 e. The largest absolute Gasteiger partial charge is 0.293 e. The summed E-state index contributed by atoms with van der Waals surface area (Å²) in [6, 6.07) is 3.98. The van der Waals surface area contributed by atoms with E-state index >= 15 is 0 Å². The number of ketones is 1. The molecule has 2 aliphatic carbocycles. The van der Waals surface area contributed by atoms with Crippen LogP contribution in [0.4, 0.5) is 0 Å². The number of Topliss-reactive ketones (excluding diaryl/α,β-unsaturated/α-hetero) is 1. The van der Waals surface area contributed by atoms with Crippen LogP contribution in [0.5, 0.6) is 0 Å². The van der Waals surface area contributed by atoms with Crippen LogP contribution in [0.1, 0.15) is 18.4 Å². The summed E-state index contributed by atoms with van der Waals surface area (Å²) in [6.07, 6.45) is 9.24. The molecule has 3 heteroatoms. The highest BCUT2D eigenvalue weighted by atomic mass is 35.5. The zero-order chi connectivity index (χ0) is 11.8. The molecule has 17 heavy (non-hydrogen) atoms. The van der Waals surface area contributed by atoms with Crippen molar-refractivity contribution >= 4 is 23.0 Å². The number of nitrogens with zero attached hydrogens (tertiary/aromatic N) is 1. The molecular weight excluding hydrogens is 234 g/mol. The van der Waals surface area contributed by atoms with Gasteiger partial charge in [0.2, 0.25) is 0 Å². The zero-order valence-corrected chi connectivity index (χ0v) is 10.0. The Labute approximate surface area is 105 Å². The van der Waals surface area contributed by atoms with Crippen molar-refractivity contribution in [3.8, 4) is 0 Å². The molecule has 2 nitrogen and oxygen atoms in total. The number of pyridine rings is 1. The van der Waals surface area contributed by atoms with Crippen LogP contribution >= 0.6 is 11.6 Å². The molecule has 0 bridgehead atoms. The van der Waals surface area contributed by atoms with Crippen LogP contribution in [0.3, 0.4) is 0 Å². The number of rotatable bonds is 1. The smallest absolute Gasteiger partial charge is 0.176 e. The number of alkyl halides is 1. The van der Waals surface area contributed by atoms with E-state index in [1.807, 2.05) is 30.5 Å². The third-order valence-electron chi connectivity index (χ3n) is 3.46. The normalized spacial score (nSPS) is 27.5. The van der Waals surface area contributed by atoms with Crippen molar-refractivity contribution in [2.24, 2.45) is 5.92 Å². The van der Waals surface area contributed by atoms with Crippen molar-refractivity contribution in [2.75, 3.05) is 0 Å². The van der Waals surface area contributed by atoms with Crippen molar-refractivity contribution in [1.29, 1.82) is 0 Å². The SMILES string of the molecule is O=C1C2=CC=C(c3cccnc3)CC2CC1Cl. The van der Waals surface area contributed by atoms with Crippen LogP contribution in [-0.2, 0) is 4.79 Å². The van der Waals surface area contributed by atoms with E-state index < -0.39 is 0 Å². The van der Waals surface area contributed by atoms with Crippen LogP contribution in [-0.4, -0.2) is 16.1 Å². The van der Waals surface area contributed by atoms with E-state index in [1.54, 1.807) is 6.20 Å². The minimum absolute atomic E-state index is 0.109. The number of hydrogen-bond donors (Lipinski definition) is 0. The summed E-state index contributed by atoms with van der Waals surface area (Å²) in [6.45, 7) is 0. The molecule has 1 heterocycles. The first kappa shape index (κ1) is 10.7. The lowest BCUT2D eigenvalue weighted by molar-refractivity contribution is -0.114. The second-order valence-electron chi connectivity index (χ2n) is 4.52. The fourth-order valence-electron chi connectivity index (χ4n) is 2.57. The van der Waals surface area contributed by atoms with Gasteiger partial charge < -0.3 is 0 Å². The van der Waals surface area contributed by atoms with Gasteiger partial charge >= 0.3 is 0 Å². The van der Waals surface area contributed by atoms with E-state index in [-0.39, 0.29) is 11.2 Å². The fraction of sp³-hybridized carbons (Fsp3) is 0.286. The van der Waals surface area contributed by atoms with E-state index in [1.165, 1.54) is 5.57 Å². The molecule has 0 aromatic carbocycles. The standard InChI is InChI=1S/C14H12ClNO/c15-13-7-11-6-9(3-4-12(11)14(13)17)10-2-1-5-16-8-10/h1-5,8,11,13H,6-7H2. The molecule has 2 unspecified atom stereocenters. The molecule has 3 rings (SSSR count). The van der Waals surface area contributed by atoms with E-state index in [9.17, 15) is 4.79 Å². The van der Waals surface area contributed by atoms with E-state index in [0.717, 1.165) is 24.0 Å². The molecule has 1 aromatic rings. The first-order valence-corrected chi connectivity index (χ1v) is 6.19. The Balaban J connectivity index is 1.92. The number of carbonyl (C=O) groups excluding carboxylic acids is 1. The maximum absolute atomic E-state index is 11.7. The third-order valence-corrected chi connectivity index (χ3v) is 3.84. The summed E-state index contributed by atoms with van der Waals surface area (Å²) in [5.41, 5.74) is 3.27. The Morgan fingerprint density at radius 3 is 3.00 bits per heavy atom. The quantitative estimate of drug-likeness (QED) is 0.712. The lowest BCUT2D eigenvalue weighted by Gasteiger charge is -2.17. The molecule has 2 aliphatic rings. The molecule has 1 aromatic heterocycles. The Morgan fingerprint density at radius 2 is 2.24 bits per heavy atom. The topological polar surface area (TPSA) is 30.0 Å². The fourth-order valence-corrected chi connectivity index (χ4v) is 2.91. The predicted octanol–water partition coefficient (Wildman–Crippen LogP) is 2.99. The van der Waals surface area contributed by atoms with Crippen LogP contribution < -0.4 is 0 Å². The molecule has 0 spiro atoms. The summed E-state index contributed by atoms with van der Waals surface area (Å²) >= 11 is 6.01. The van der Waals surface area contributed by atoms with Gasteiger partial charge in [0.25, 0.3) is 0 Å². The Kier molecular flexibility index (Phi) is 2.60. The summed E-state index contributed by atoms with van der Waals surface area (Å²) in [5, 5.41) is -0.326. The maximum atomic E-state index is 11.7. The summed E-state index contributed by atoms with van der Waals surface area (Å²) in [4.78, 5) is 15.9. The third kappa shape index (κ3) is 1.83. The number of aromatic nitrogens is 1. The number of carbonyl (C=O) groups is 1. The van der Waals surface area contributed by atoms with Crippen molar-refractivity contribution in [2.45, 2.75) is 18.2 Å². The van der Waals surface area contributed by atoms with Gasteiger partial charge in [-0.05, 0) is 36.0 Å². The van der Waals surface area contributed by atoms with Gasteiger partial charge in [0.15, 0.2) is 5.78 Å². The number of allylic oxidation sites excluding steroid dienone is 4. The van der Waals surface area contributed by atoms with E-state index in [4.69, 9.17) is 11.6 Å². The molecule has 0 N–H and O–H groups in total. The highest BCUT2D eigenvalue weighted by Crippen LogP contribution is 2.40. The molecular formula is C14H12ClNO. The number of hydrogen-bond acceptors (Lipinski definition) is 2. The van der Waals surface area contributed by atoms with Crippen LogP contribution in [0.25, 0.3) is 5.57 Å². The highest BCUT2D eigenvalue weighted by molar-refractivity contribution is 6.35. The molecule has 86 valence electrons. The monoisotopic (exact) mass is 245 g/mol. The maximum Gasteiger partial charge on any atom is 0.176 e. The molecule has 1 fully saturated rings. The highest BCUT2D eigenvalue weighted by Gasteiger charge is 2.37. The first-order chi connectivity index (χ1) is 8.25. The van der Waals surface area contributed by atoms with Crippen molar-refractivity contribution in [3.63, 3.8) is 0 Å². The number of fused-ring (bicyclic) bond motifs is 1. The van der Waals surface area contributed by atoms with Gasteiger partial charge in [-0.2, -0.15) is 0 Å². The van der Waals surface area contributed by atoms with Crippen molar-refractivity contribution < 1.29 is 4.79 Å². The van der Waals surface area contributed by atoms with Gasteiger partial charge in [0.1, 0.15) is 0 Å². The van der Waals surface area contributed by atoms with E-state index in [2.05, 4.69) is 4.98 Å². The van der Waals surface area contributed by atoms with Gasteiger partial charge in [-0.25, -0.2) is 0 Å². The van der Waals surface area contributed by atoms with Crippen LogP contribution in [0.15, 0.2) is 42.3 Å².